The van der Waals surface area contributed by atoms with Crippen molar-refractivity contribution in [2.45, 2.75) is 26.0 Å². The molecule has 10 heteroatoms. The molecule has 1 aliphatic rings. The van der Waals surface area contributed by atoms with E-state index in [4.69, 9.17) is 9.47 Å². The number of ether oxygens (including phenoxy) is 2. The Morgan fingerprint density at radius 2 is 2.22 bits per heavy atom. The Hall–Kier alpha value is -3.68. The number of amides is 3. The highest BCUT2D eigenvalue weighted by atomic mass is 19.1. The van der Waals surface area contributed by atoms with E-state index in [-0.39, 0.29) is 43.0 Å². The zero-order valence-corrected chi connectivity index (χ0v) is 20.8. The van der Waals surface area contributed by atoms with E-state index < -0.39 is 24.0 Å². The number of nitrogens with one attached hydrogen (secondary N) is 1. The van der Waals surface area contributed by atoms with Crippen LogP contribution in [0.3, 0.4) is 0 Å². The lowest BCUT2D eigenvalue weighted by Gasteiger charge is -2.37. The number of aliphatic hydroxyl groups excluding tert-OH is 1. The highest BCUT2D eigenvalue weighted by Gasteiger charge is 2.34. The second kappa shape index (κ2) is 12.3. The number of methoxy groups -OCH3 is 1. The van der Waals surface area contributed by atoms with Crippen LogP contribution in [0.2, 0.25) is 0 Å². The van der Waals surface area contributed by atoms with Crippen LogP contribution < -0.4 is 10.1 Å². The van der Waals surface area contributed by atoms with E-state index in [1.807, 2.05) is 6.92 Å². The third-order valence-corrected chi connectivity index (χ3v) is 5.85. The van der Waals surface area contributed by atoms with Crippen molar-refractivity contribution in [2.75, 3.05) is 45.8 Å². The summed E-state index contributed by atoms with van der Waals surface area (Å²) in [6.45, 7) is 4.16. The van der Waals surface area contributed by atoms with Crippen molar-refractivity contribution in [2.24, 2.45) is 5.92 Å². The van der Waals surface area contributed by atoms with E-state index in [1.165, 1.54) is 36.4 Å². The minimum atomic E-state index is -0.522. The molecule has 0 fully saturated rings. The first-order chi connectivity index (χ1) is 17.2. The molecule has 0 radical (unpaired) electrons. The smallest absolute Gasteiger partial charge is 0.321 e. The van der Waals surface area contributed by atoms with Crippen LogP contribution in [-0.4, -0.2) is 84.4 Å². The predicted octanol–water partition coefficient (Wildman–Crippen LogP) is 2.60. The Morgan fingerprint density at radius 3 is 2.92 bits per heavy atom. The summed E-state index contributed by atoms with van der Waals surface area (Å²) in [5, 5.41) is 12.4. The maximum absolute atomic E-state index is 13.5. The monoisotopic (exact) mass is 498 g/mol. The summed E-state index contributed by atoms with van der Waals surface area (Å²) in [6.07, 6.45) is 0.990. The molecule has 2 heterocycles. The summed E-state index contributed by atoms with van der Waals surface area (Å²) < 4.78 is 24.6. The van der Waals surface area contributed by atoms with Gasteiger partial charge in [0.1, 0.15) is 24.1 Å². The summed E-state index contributed by atoms with van der Waals surface area (Å²) in [4.78, 5) is 33.5. The van der Waals surface area contributed by atoms with Crippen LogP contribution >= 0.6 is 0 Å². The fourth-order valence-corrected chi connectivity index (χ4v) is 3.74. The molecule has 3 amide bonds. The number of likely N-dealkylation sites (N-methyl/N-ethyl adjacent to an activating group) is 1. The Bertz CT molecular complexity index is 1150. The first-order valence-electron chi connectivity index (χ1n) is 11.6. The van der Waals surface area contributed by atoms with E-state index in [0.29, 0.717) is 17.8 Å². The third-order valence-electron chi connectivity index (χ3n) is 5.85. The Kier molecular flexibility index (Phi) is 9.22. The Morgan fingerprint density at radius 1 is 1.44 bits per heavy atom. The van der Waals surface area contributed by atoms with Crippen LogP contribution in [0, 0.1) is 23.6 Å². The lowest BCUT2D eigenvalue weighted by molar-refractivity contribution is 0.0356. The zero-order valence-electron chi connectivity index (χ0n) is 20.8. The van der Waals surface area contributed by atoms with Crippen molar-refractivity contribution in [1.29, 1.82) is 0 Å². The van der Waals surface area contributed by atoms with E-state index in [0.717, 1.165) is 0 Å². The van der Waals surface area contributed by atoms with Gasteiger partial charge in [-0.25, -0.2) is 14.2 Å². The quantitative estimate of drug-likeness (QED) is 0.594. The molecule has 1 aliphatic heterocycles. The Balaban J connectivity index is 1.87. The van der Waals surface area contributed by atoms with E-state index in [2.05, 4.69) is 22.1 Å². The van der Waals surface area contributed by atoms with Gasteiger partial charge in [0.15, 0.2) is 0 Å². The van der Waals surface area contributed by atoms with Gasteiger partial charge in [0.2, 0.25) is 5.88 Å². The number of carbonyl (C=O) groups is 2. The number of urea groups is 1. The van der Waals surface area contributed by atoms with Gasteiger partial charge in [0.05, 0.1) is 19.2 Å². The van der Waals surface area contributed by atoms with Crippen molar-refractivity contribution in [3.63, 3.8) is 0 Å². The number of halogens is 1. The summed E-state index contributed by atoms with van der Waals surface area (Å²) >= 11 is 0. The molecule has 0 bridgehead atoms. The molecule has 3 atom stereocenters. The average Bonchev–Trinajstić information content (AvgIpc) is 2.86. The molecule has 9 nitrogen and oxygen atoms in total. The molecular formula is C26H31FN4O5. The van der Waals surface area contributed by atoms with Crippen LogP contribution in [0.25, 0.3) is 0 Å². The molecule has 192 valence electrons. The molecule has 0 aliphatic carbocycles. The Labute approximate surface area is 210 Å². The van der Waals surface area contributed by atoms with Crippen LogP contribution in [0.4, 0.5) is 14.9 Å². The van der Waals surface area contributed by atoms with Crippen LogP contribution in [0.15, 0.2) is 36.5 Å². The van der Waals surface area contributed by atoms with Crippen molar-refractivity contribution in [1.82, 2.24) is 14.8 Å². The molecule has 3 rings (SSSR count). The lowest BCUT2D eigenvalue weighted by atomic mass is 10.00. The van der Waals surface area contributed by atoms with Crippen LogP contribution in [-0.2, 0) is 4.74 Å². The van der Waals surface area contributed by atoms with Gasteiger partial charge in [-0.05, 0) is 31.2 Å². The molecule has 2 aromatic rings. The van der Waals surface area contributed by atoms with E-state index in [1.54, 1.807) is 31.0 Å². The molecule has 36 heavy (non-hydrogen) atoms. The largest absolute Gasteiger partial charge is 0.472 e. The van der Waals surface area contributed by atoms with E-state index in [9.17, 15) is 19.1 Å². The number of aliphatic hydroxyl groups is 1. The lowest BCUT2D eigenvalue weighted by Crippen LogP contribution is -2.50. The number of rotatable bonds is 6. The van der Waals surface area contributed by atoms with Crippen molar-refractivity contribution in [3.05, 3.63) is 53.5 Å². The SMILES string of the molecule is COCC#Cc1cnc2c(c1)C(=O)N([C@@H](C)CO)C[C@@H](C)[C@H](CN(C)C(=O)Nc1cccc(F)c1)O2. The predicted molar refractivity (Wildman–Crippen MR) is 132 cm³/mol. The highest BCUT2D eigenvalue weighted by Crippen LogP contribution is 2.27. The zero-order chi connectivity index (χ0) is 26.2. The number of fused-ring (bicyclic) bond motifs is 1. The summed E-state index contributed by atoms with van der Waals surface area (Å²) in [6, 6.07) is 6.36. The second-order valence-corrected chi connectivity index (χ2v) is 8.76. The highest BCUT2D eigenvalue weighted by molar-refractivity contribution is 5.97. The van der Waals surface area contributed by atoms with Gasteiger partial charge >= 0.3 is 6.03 Å². The number of hydrogen-bond donors (Lipinski definition) is 2. The molecule has 1 aromatic heterocycles. The van der Waals surface area contributed by atoms with Crippen molar-refractivity contribution >= 4 is 17.6 Å². The number of benzene rings is 1. The summed E-state index contributed by atoms with van der Waals surface area (Å²) in [5.74, 6) is 4.88. The van der Waals surface area contributed by atoms with Gasteiger partial charge in [-0.2, -0.15) is 0 Å². The molecule has 2 N–H and O–H groups in total. The number of nitrogens with zero attached hydrogens (tertiary/aromatic N) is 3. The van der Waals surface area contributed by atoms with Gasteiger partial charge in [-0.15, -0.1) is 0 Å². The molecule has 0 unspecified atom stereocenters. The normalized spacial score (nSPS) is 18.1. The second-order valence-electron chi connectivity index (χ2n) is 8.76. The number of pyridine rings is 1. The number of carbonyl (C=O) groups excluding carboxylic acids is 2. The molecule has 1 aromatic carbocycles. The molecular weight excluding hydrogens is 467 g/mol. The van der Waals surface area contributed by atoms with E-state index >= 15 is 0 Å². The first-order valence-corrected chi connectivity index (χ1v) is 11.6. The van der Waals surface area contributed by atoms with Gasteiger partial charge in [-0.3, -0.25) is 4.79 Å². The van der Waals surface area contributed by atoms with Crippen molar-refractivity contribution < 1.29 is 28.6 Å². The van der Waals surface area contributed by atoms with Crippen LogP contribution in [0.1, 0.15) is 29.8 Å². The molecule has 0 spiro atoms. The molecule has 0 saturated heterocycles. The summed E-state index contributed by atoms with van der Waals surface area (Å²) in [7, 11) is 3.14. The fraction of sp³-hybridized carbons (Fsp3) is 0.423. The minimum Gasteiger partial charge on any atom is -0.472 e. The van der Waals surface area contributed by atoms with Crippen LogP contribution in [0.5, 0.6) is 5.88 Å². The maximum Gasteiger partial charge on any atom is 0.321 e. The number of anilines is 1. The first kappa shape index (κ1) is 26.9. The number of aromatic nitrogens is 1. The molecule has 0 saturated carbocycles. The third kappa shape index (κ3) is 6.71. The van der Waals surface area contributed by atoms with Gasteiger partial charge < -0.3 is 29.7 Å². The maximum atomic E-state index is 13.5. The average molecular weight is 499 g/mol. The minimum absolute atomic E-state index is 0.128. The van der Waals surface area contributed by atoms with Crippen molar-refractivity contribution in [3.8, 4) is 17.7 Å². The fourth-order valence-electron chi connectivity index (χ4n) is 3.74. The van der Waals surface area contributed by atoms with Gasteiger partial charge in [0.25, 0.3) is 5.91 Å². The number of hydrogen-bond acceptors (Lipinski definition) is 6. The topological polar surface area (TPSA) is 104 Å². The van der Waals surface area contributed by atoms with Gasteiger partial charge in [0, 0.05) is 44.1 Å². The summed E-state index contributed by atoms with van der Waals surface area (Å²) in [5.41, 5.74) is 1.08. The van der Waals surface area contributed by atoms with Gasteiger partial charge in [-0.1, -0.05) is 24.8 Å². The standard InChI is InChI=1S/C26H31FN4O5/c1-17-14-31(18(2)16-32)25(33)22-11-19(7-6-10-35-4)13-28-24(22)36-23(17)15-30(3)26(34)29-21-9-5-8-20(27)12-21/h5,8-9,11-13,17-18,23,32H,10,14-16H2,1-4H3,(H,29,34)/t17-,18+,23+/m1/s1.